The van der Waals surface area contributed by atoms with Crippen molar-refractivity contribution in [2.45, 2.75) is 52.5 Å². The van der Waals surface area contributed by atoms with Gasteiger partial charge in [0.25, 0.3) is 5.56 Å². The van der Waals surface area contributed by atoms with E-state index < -0.39 is 5.69 Å². The lowest BCUT2D eigenvalue weighted by Crippen LogP contribution is -2.38. The average molecular weight is 389 g/mol. The Bertz CT molecular complexity index is 1090. The Morgan fingerprint density at radius 2 is 1.93 bits per heavy atom. The van der Waals surface area contributed by atoms with Gasteiger partial charge in [-0.25, -0.2) is 14.3 Å². The summed E-state index contributed by atoms with van der Waals surface area (Å²) in [7, 11) is 1.49. The largest absolute Gasteiger partial charge is 0.337 e. The van der Waals surface area contributed by atoms with E-state index in [1.165, 1.54) is 11.6 Å². The first-order valence-electron chi connectivity index (χ1n) is 9.33. The number of fused-ring (bicyclic) bond motifs is 1. The van der Waals surface area contributed by atoms with Gasteiger partial charge in [-0.1, -0.05) is 51.3 Å². The van der Waals surface area contributed by atoms with Crippen LogP contribution in [0.3, 0.4) is 0 Å². The number of benzene rings is 1. The van der Waals surface area contributed by atoms with Gasteiger partial charge in [0.1, 0.15) is 0 Å². The summed E-state index contributed by atoms with van der Waals surface area (Å²) in [4.78, 5) is 30.0. The lowest BCUT2D eigenvalue weighted by Gasteiger charge is -2.13. The van der Waals surface area contributed by atoms with Crippen LogP contribution in [-0.4, -0.2) is 18.7 Å². The number of imidazole rings is 1. The summed E-state index contributed by atoms with van der Waals surface area (Å²) in [6.45, 7) is 6.99. The molecule has 0 radical (unpaired) electrons. The highest BCUT2D eigenvalue weighted by molar-refractivity contribution is 6.32. The van der Waals surface area contributed by atoms with Gasteiger partial charge >= 0.3 is 5.69 Å². The molecule has 6 nitrogen and oxygen atoms in total. The lowest BCUT2D eigenvalue weighted by molar-refractivity contribution is 0.609. The quantitative estimate of drug-likeness (QED) is 0.602. The molecule has 2 heterocycles. The van der Waals surface area contributed by atoms with Crippen molar-refractivity contribution >= 4 is 22.8 Å². The topological polar surface area (TPSA) is 61.8 Å². The monoisotopic (exact) mass is 388 g/mol. The normalized spacial score (nSPS) is 11.6. The molecule has 3 rings (SSSR count). The minimum Gasteiger partial charge on any atom is -0.325 e. The summed E-state index contributed by atoms with van der Waals surface area (Å²) in [5, 5.41) is 0.462. The molecule has 7 heteroatoms. The third-order valence-electron chi connectivity index (χ3n) is 4.90. The van der Waals surface area contributed by atoms with Crippen molar-refractivity contribution in [1.29, 1.82) is 0 Å². The predicted octanol–water partition coefficient (Wildman–Crippen LogP) is 3.85. The van der Waals surface area contributed by atoms with Crippen LogP contribution in [0.5, 0.6) is 0 Å². The van der Waals surface area contributed by atoms with Crippen LogP contribution in [-0.2, 0) is 13.6 Å². The summed E-state index contributed by atoms with van der Waals surface area (Å²) in [6, 6.07) is 5.63. The Hall–Kier alpha value is -2.34. The van der Waals surface area contributed by atoms with Crippen molar-refractivity contribution in [3.05, 3.63) is 56.0 Å². The molecule has 0 saturated carbocycles. The summed E-state index contributed by atoms with van der Waals surface area (Å²) in [5.74, 6) is 0.325. The van der Waals surface area contributed by atoms with Crippen molar-refractivity contribution < 1.29 is 0 Å². The summed E-state index contributed by atoms with van der Waals surface area (Å²) in [6.07, 6.45) is 4.75. The molecule has 0 saturated heterocycles. The highest BCUT2D eigenvalue weighted by Crippen LogP contribution is 2.26. The molecule has 27 heavy (non-hydrogen) atoms. The minimum absolute atomic E-state index is 0.325. The molecule has 144 valence electrons. The minimum atomic E-state index is -0.453. The van der Waals surface area contributed by atoms with E-state index in [0.29, 0.717) is 34.3 Å². The number of rotatable bonds is 6. The van der Waals surface area contributed by atoms with E-state index in [4.69, 9.17) is 11.6 Å². The second kappa shape index (κ2) is 7.72. The Kier molecular flexibility index (Phi) is 5.56. The maximum atomic E-state index is 12.9. The van der Waals surface area contributed by atoms with Gasteiger partial charge in [0.15, 0.2) is 11.2 Å². The third kappa shape index (κ3) is 3.46. The van der Waals surface area contributed by atoms with Gasteiger partial charge in [-0.05, 0) is 30.0 Å². The Morgan fingerprint density at radius 3 is 2.56 bits per heavy atom. The maximum Gasteiger partial charge on any atom is 0.337 e. The van der Waals surface area contributed by atoms with Crippen LogP contribution in [0.25, 0.3) is 16.9 Å². The first-order chi connectivity index (χ1) is 12.9. The number of unbranched alkanes of at least 4 members (excludes halogenated alkanes) is 2. The van der Waals surface area contributed by atoms with Crippen LogP contribution in [0.2, 0.25) is 5.02 Å². The number of aromatic nitrogens is 4. The van der Waals surface area contributed by atoms with E-state index in [1.807, 2.05) is 22.8 Å². The summed E-state index contributed by atoms with van der Waals surface area (Å²) < 4.78 is 4.38. The lowest BCUT2D eigenvalue weighted by atomic mass is 10.0. The average Bonchev–Trinajstić information content (AvgIpc) is 3.05. The highest BCUT2D eigenvalue weighted by atomic mass is 35.5. The molecule has 0 bridgehead atoms. The molecule has 0 aliphatic carbocycles. The smallest absolute Gasteiger partial charge is 0.325 e. The van der Waals surface area contributed by atoms with E-state index in [1.54, 1.807) is 6.33 Å². The van der Waals surface area contributed by atoms with Gasteiger partial charge in [0.05, 0.1) is 17.0 Å². The number of nitrogens with zero attached hydrogens (tertiary/aromatic N) is 4. The van der Waals surface area contributed by atoms with Crippen LogP contribution in [0.15, 0.2) is 34.1 Å². The highest BCUT2D eigenvalue weighted by Gasteiger charge is 2.19. The molecular weight excluding hydrogens is 364 g/mol. The fraction of sp³-hybridized carbons (Fsp3) is 0.450. The Morgan fingerprint density at radius 1 is 1.19 bits per heavy atom. The van der Waals surface area contributed by atoms with Gasteiger partial charge in [-0.3, -0.25) is 9.36 Å². The molecule has 0 N–H and O–H groups in total. The predicted molar refractivity (Wildman–Crippen MR) is 109 cm³/mol. The van der Waals surface area contributed by atoms with Crippen LogP contribution >= 0.6 is 11.6 Å². The van der Waals surface area contributed by atoms with Crippen molar-refractivity contribution in [1.82, 2.24) is 18.7 Å². The first-order valence-corrected chi connectivity index (χ1v) is 9.71. The van der Waals surface area contributed by atoms with E-state index in [-0.39, 0.29) is 5.56 Å². The zero-order valence-corrected chi connectivity index (χ0v) is 17.0. The molecule has 0 aliphatic rings. The van der Waals surface area contributed by atoms with E-state index in [0.717, 1.165) is 29.4 Å². The third-order valence-corrected chi connectivity index (χ3v) is 5.20. The van der Waals surface area contributed by atoms with Crippen molar-refractivity contribution in [2.24, 2.45) is 7.05 Å². The van der Waals surface area contributed by atoms with Gasteiger partial charge in [-0.15, -0.1) is 0 Å². The summed E-state index contributed by atoms with van der Waals surface area (Å²) >= 11 is 6.50. The molecule has 0 unspecified atom stereocenters. The SMILES string of the molecule is CCCCCn1cnc2c1c(=O)n(C)c(=O)n2-c1ccc(C(C)C)cc1Cl. The maximum absolute atomic E-state index is 12.9. The zero-order valence-electron chi connectivity index (χ0n) is 16.2. The molecule has 3 aromatic rings. The van der Waals surface area contributed by atoms with Gasteiger partial charge in [0, 0.05) is 13.6 Å². The molecule has 0 aliphatic heterocycles. The standard InChI is InChI=1S/C20H25ClN4O2/c1-5-6-7-10-24-12-22-18-17(24)19(26)23(4)20(27)25(18)16-9-8-14(13(2)3)11-15(16)21/h8-9,11-13H,5-7,10H2,1-4H3. The second-order valence-corrected chi connectivity index (χ2v) is 7.57. The fourth-order valence-corrected chi connectivity index (χ4v) is 3.50. The molecule has 0 atom stereocenters. The second-order valence-electron chi connectivity index (χ2n) is 7.16. The fourth-order valence-electron chi connectivity index (χ4n) is 3.22. The first kappa shape index (κ1) is 19.4. The van der Waals surface area contributed by atoms with E-state index in [2.05, 4.69) is 25.8 Å². The van der Waals surface area contributed by atoms with E-state index in [9.17, 15) is 9.59 Å². The molecule has 0 fully saturated rings. The van der Waals surface area contributed by atoms with E-state index >= 15 is 0 Å². The van der Waals surface area contributed by atoms with Crippen molar-refractivity contribution in [3.8, 4) is 5.69 Å². The molecule has 0 amide bonds. The van der Waals surface area contributed by atoms with Crippen molar-refractivity contribution in [3.63, 3.8) is 0 Å². The Labute approximate surface area is 163 Å². The number of aryl methyl sites for hydroxylation is 1. The number of halogens is 1. The van der Waals surface area contributed by atoms with Gasteiger partial charge in [0.2, 0.25) is 0 Å². The molecular formula is C20H25ClN4O2. The van der Waals surface area contributed by atoms with Crippen LogP contribution in [0.1, 0.15) is 51.5 Å². The molecule has 2 aromatic heterocycles. The Balaban J connectivity index is 2.25. The van der Waals surface area contributed by atoms with Crippen LogP contribution in [0.4, 0.5) is 0 Å². The van der Waals surface area contributed by atoms with Gasteiger partial charge < -0.3 is 4.57 Å². The number of hydrogen-bond acceptors (Lipinski definition) is 3. The molecule has 0 spiro atoms. The summed E-state index contributed by atoms with van der Waals surface area (Å²) in [5.41, 5.74) is 1.60. The molecule has 1 aromatic carbocycles. The van der Waals surface area contributed by atoms with Crippen LogP contribution in [0, 0.1) is 0 Å². The van der Waals surface area contributed by atoms with Crippen molar-refractivity contribution in [2.75, 3.05) is 0 Å². The zero-order chi connectivity index (χ0) is 19.7. The number of hydrogen-bond donors (Lipinski definition) is 0. The van der Waals surface area contributed by atoms with Gasteiger partial charge in [-0.2, -0.15) is 0 Å². The van der Waals surface area contributed by atoms with Crippen LogP contribution < -0.4 is 11.2 Å².